The lowest BCUT2D eigenvalue weighted by atomic mass is 9.73. The second kappa shape index (κ2) is 5.99. The Kier molecular flexibility index (Phi) is 3.69. The third kappa shape index (κ3) is 2.60. The van der Waals surface area contributed by atoms with Gasteiger partial charge in [0.05, 0.1) is 12.5 Å². The fraction of sp³-hybridized carbons (Fsp3) is 0.500. The third-order valence-electron chi connectivity index (χ3n) is 6.00. The van der Waals surface area contributed by atoms with E-state index < -0.39 is 12.2 Å². The fourth-order valence-electron chi connectivity index (χ4n) is 5.14. The number of carbonyl (C=O) groups is 2. The van der Waals surface area contributed by atoms with E-state index in [9.17, 15) is 9.59 Å². The van der Waals surface area contributed by atoms with E-state index in [1.807, 2.05) is 18.2 Å². The minimum absolute atomic E-state index is 0.0750. The Balaban J connectivity index is 1.65. The monoisotopic (exact) mass is 372 g/mol. The van der Waals surface area contributed by atoms with Gasteiger partial charge in [-0.15, -0.1) is 0 Å². The molecule has 0 saturated carbocycles. The molecule has 4 aliphatic rings. The molecule has 142 valence electrons. The van der Waals surface area contributed by atoms with E-state index >= 15 is 0 Å². The highest BCUT2D eigenvalue weighted by molar-refractivity contribution is 5.68. The van der Waals surface area contributed by atoms with Gasteiger partial charge in [0.1, 0.15) is 12.6 Å². The number of carbonyl (C=O) groups excluding carboxylic acids is 2. The van der Waals surface area contributed by atoms with E-state index in [-0.39, 0.29) is 30.7 Å². The first-order valence-electron chi connectivity index (χ1n) is 9.33. The molecule has 1 unspecified atom stereocenters. The van der Waals surface area contributed by atoms with Crippen molar-refractivity contribution in [2.45, 2.75) is 51.0 Å². The Bertz CT molecular complexity index is 862. The predicted octanol–water partition coefficient (Wildman–Crippen LogP) is 0.473. The number of fused-ring (bicyclic) bond motifs is 3. The molecule has 5 rings (SSSR count). The van der Waals surface area contributed by atoms with Gasteiger partial charge in [0.15, 0.2) is 23.7 Å². The molecule has 7 nitrogen and oxygen atoms in total. The topological polar surface area (TPSA) is 75.5 Å². The highest BCUT2D eigenvalue weighted by Crippen LogP contribution is 2.45. The number of hydrogen-bond donors (Lipinski definition) is 1. The summed E-state index contributed by atoms with van der Waals surface area (Å²) in [6, 6.07) is 4.29. The minimum Gasteiger partial charge on any atom is -0.457 e. The third-order valence-corrected chi connectivity index (χ3v) is 6.00. The predicted molar refractivity (Wildman–Crippen MR) is 92.4 cm³/mol. The van der Waals surface area contributed by atoms with Crippen molar-refractivity contribution in [3.8, 4) is 11.5 Å². The lowest BCUT2D eigenvalue weighted by Crippen LogP contribution is -3.14. The van der Waals surface area contributed by atoms with Crippen LogP contribution in [0.15, 0.2) is 23.8 Å². The maximum absolute atomic E-state index is 11.9. The Morgan fingerprint density at radius 1 is 1.11 bits per heavy atom. The summed E-state index contributed by atoms with van der Waals surface area (Å²) in [5.41, 5.74) is 3.56. The van der Waals surface area contributed by atoms with Crippen LogP contribution in [0.5, 0.6) is 11.5 Å². The Labute approximate surface area is 156 Å². The van der Waals surface area contributed by atoms with Gasteiger partial charge in [-0.1, -0.05) is 0 Å². The van der Waals surface area contributed by atoms with E-state index in [4.69, 9.17) is 18.9 Å². The van der Waals surface area contributed by atoms with Crippen molar-refractivity contribution in [3.63, 3.8) is 0 Å². The first-order chi connectivity index (χ1) is 13.0. The molecular weight excluding hydrogens is 350 g/mol. The Morgan fingerprint density at radius 3 is 2.59 bits per heavy atom. The maximum atomic E-state index is 11.9. The number of ether oxygens (including phenoxy) is 4. The van der Waals surface area contributed by atoms with Gasteiger partial charge in [0.25, 0.3) is 0 Å². The van der Waals surface area contributed by atoms with Gasteiger partial charge in [0.2, 0.25) is 6.79 Å². The first kappa shape index (κ1) is 16.6. The van der Waals surface area contributed by atoms with Gasteiger partial charge >= 0.3 is 11.9 Å². The molecule has 0 radical (unpaired) electrons. The van der Waals surface area contributed by atoms with Gasteiger partial charge in [-0.25, -0.2) is 0 Å². The molecule has 0 bridgehead atoms. The van der Waals surface area contributed by atoms with Crippen molar-refractivity contribution in [1.29, 1.82) is 0 Å². The van der Waals surface area contributed by atoms with Crippen LogP contribution in [0.25, 0.3) is 0 Å². The summed E-state index contributed by atoms with van der Waals surface area (Å²) in [4.78, 5) is 25.0. The molecule has 1 aromatic rings. The number of nitrogens with one attached hydrogen (secondary N) is 1. The van der Waals surface area contributed by atoms with E-state index in [1.165, 1.54) is 29.9 Å². The number of esters is 2. The van der Waals surface area contributed by atoms with E-state index in [2.05, 4.69) is 0 Å². The van der Waals surface area contributed by atoms with Crippen LogP contribution in [-0.2, 0) is 25.6 Å². The van der Waals surface area contributed by atoms with Crippen LogP contribution in [0.4, 0.5) is 0 Å². The van der Waals surface area contributed by atoms with Crippen molar-refractivity contribution >= 4 is 11.9 Å². The summed E-state index contributed by atoms with van der Waals surface area (Å²) in [5, 5.41) is 0. The fourth-order valence-corrected chi connectivity index (χ4v) is 5.14. The molecule has 1 fully saturated rings. The second-order valence-electron chi connectivity index (χ2n) is 7.63. The molecule has 1 N–H and O–H groups in total. The zero-order valence-corrected chi connectivity index (χ0v) is 15.3. The molecule has 0 aromatic heterocycles. The second-order valence-corrected chi connectivity index (χ2v) is 7.63. The minimum atomic E-state index is -0.571. The zero-order chi connectivity index (χ0) is 18.7. The van der Waals surface area contributed by atoms with Gasteiger partial charge in [-0.2, -0.15) is 0 Å². The Morgan fingerprint density at radius 2 is 1.85 bits per heavy atom. The summed E-state index contributed by atoms with van der Waals surface area (Å²) >= 11 is 0. The molecule has 3 aliphatic heterocycles. The van der Waals surface area contributed by atoms with E-state index in [1.54, 1.807) is 0 Å². The highest BCUT2D eigenvalue weighted by atomic mass is 16.7. The SMILES string of the molecule is CC(=O)O[C@@H]1[C@H]2c3cc4c(cc3C[NH+]3CCC(=C[C@H]1OC(C)=O)[C@@H]23)OCO4. The lowest BCUT2D eigenvalue weighted by molar-refractivity contribution is -0.927. The molecule has 1 aromatic carbocycles. The summed E-state index contributed by atoms with van der Waals surface area (Å²) in [6.07, 6.45) is 1.84. The van der Waals surface area contributed by atoms with Crippen LogP contribution in [-0.4, -0.2) is 43.5 Å². The van der Waals surface area contributed by atoms with Gasteiger partial charge in [-0.3, -0.25) is 9.59 Å². The molecule has 27 heavy (non-hydrogen) atoms. The van der Waals surface area contributed by atoms with Crippen LogP contribution in [0.3, 0.4) is 0 Å². The maximum Gasteiger partial charge on any atom is 0.303 e. The van der Waals surface area contributed by atoms with Gasteiger partial charge < -0.3 is 23.8 Å². The molecule has 7 heteroatoms. The van der Waals surface area contributed by atoms with Crippen LogP contribution >= 0.6 is 0 Å². The van der Waals surface area contributed by atoms with Crippen LogP contribution < -0.4 is 14.4 Å². The van der Waals surface area contributed by atoms with Crippen LogP contribution in [0, 0.1) is 0 Å². The first-order valence-corrected chi connectivity index (χ1v) is 9.33. The molecule has 1 saturated heterocycles. The zero-order valence-electron chi connectivity index (χ0n) is 15.3. The summed E-state index contributed by atoms with van der Waals surface area (Å²) in [5.74, 6) is 0.654. The standard InChI is InChI=1S/C20H21NO6/c1-10(22)26-17-5-12-3-4-21-8-13-6-15-16(25-9-24-15)7-14(13)18(19(12)21)20(17)27-11(2)23/h5-7,17-20H,3-4,8-9H2,1-2H3/p+1/t17-,18+,19+,20+/m1/s1. The highest BCUT2D eigenvalue weighted by Gasteiger charge is 2.54. The average Bonchev–Trinajstić information content (AvgIpc) is 3.21. The van der Waals surface area contributed by atoms with Crippen LogP contribution in [0.1, 0.15) is 37.3 Å². The van der Waals surface area contributed by atoms with Crippen LogP contribution in [0.2, 0.25) is 0 Å². The van der Waals surface area contributed by atoms with Crippen molar-refractivity contribution in [3.05, 3.63) is 34.9 Å². The van der Waals surface area contributed by atoms with Gasteiger partial charge in [0, 0.05) is 25.8 Å². The molecule has 3 heterocycles. The van der Waals surface area contributed by atoms with E-state index in [0.717, 1.165) is 36.6 Å². The van der Waals surface area contributed by atoms with Crippen molar-refractivity contribution in [2.75, 3.05) is 13.3 Å². The van der Waals surface area contributed by atoms with Crippen molar-refractivity contribution in [2.24, 2.45) is 0 Å². The quantitative estimate of drug-likeness (QED) is 0.601. The number of hydrogen-bond acceptors (Lipinski definition) is 6. The largest absolute Gasteiger partial charge is 0.457 e. The molecule has 0 amide bonds. The number of quaternary nitrogens is 1. The van der Waals surface area contributed by atoms with Crippen molar-refractivity contribution in [1.82, 2.24) is 0 Å². The molecular formula is C20H22NO6+. The molecule has 1 aliphatic carbocycles. The average molecular weight is 372 g/mol. The van der Waals surface area contributed by atoms with Crippen molar-refractivity contribution < 1.29 is 33.4 Å². The molecule has 0 spiro atoms. The number of rotatable bonds is 2. The van der Waals surface area contributed by atoms with Gasteiger partial charge in [-0.05, 0) is 29.3 Å². The lowest BCUT2D eigenvalue weighted by Gasteiger charge is -2.43. The summed E-state index contributed by atoms with van der Waals surface area (Å²) in [7, 11) is 0. The normalized spacial score (nSPS) is 32.2. The Hall–Kier alpha value is -2.54. The summed E-state index contributed by atoms with van der Waals surface area (Å²) in [6.45, 7) is 4.91. The van der Waals surface area contributed by atoms with E-state index in [0.29, 0.717) is 0 Å². The smallest absolute Gasteiger partial charge is 0.303 e. The summed E-state index contributed by atoms with van der Waals surface area (Å²) < 4.78 is 22.4. The molecule has 5 atom stereocenters. The number of benzene rings is 1.